The van der Waals surface area contributed by atoms with Gasteiger partial charge in [-0.1, -0.05) is 36.4 Å². The molecule has 1 amide bonds. The quantitative estimate of drug-likeness (QED) is 0.616. The van der Waals surface area contributed by atoms with E-state index in [4.69, 9.17) is 10.00 Å². The van der Waals surface area contributed by atoms with Gasteiger partial charge in [-0.3, -0.25) is 4.79 Å². The van der Waals surface area contributed by atoms with E-state index >= 15 is 0 Å². The molecule has 0 spiro atoms. The summed E-state index contributed by atoms with van der Waals surface area (Å²) in [5, 5.41) is 9.68. The van der Waals surface area contributed by atoms with Crippen molar-refractivity contribution >= 4 is 28.5 Å². The standard InChI is InChI=1S/C22H21N3O3/c1-16(21(26)25(14-8-13-23)17-9-4-3-5-10-17)28-22(27)19-15-24(2)20-12-7-6-11-18(19)20/h3-7,9-12,15-16H,8,14H2,1-2H3. The number of hydrogen-bond acceptors (Lipinski definition) is 4. The van der Waals surface area contributed by atoms with E-state index in [0.717, 1.165) is 10.9 Å². The molecule has 0 saturated carbocycles. The van der Waals surface area contributed by atoms with E-state index in [1.807, 2.05) is 60.1 Å². The van der Waals surface area contributed by atoms with Gasteiger partial charge in [-0.15, -0.1) is 0 Å². The Morgan fingerprint density at radius 2 is 1.82 bits per heavy atom. The third-order valence-electron chi connectivity index (χ3n) is 4.53. The molecule has 0 radical (unpaired) electrons. The van der Waals surface area contributed by atoms with Gasteiger partial charge >= 0.3 is 5.97 Å². The van der Waals surface area contributed by atoms with Gasteiger partial charge in [0.25, 0.3) is 5.91 Å². The van der Waals surface area contributed by atoms with Crippen LogP contribution in [0.3, 0.4) is 0 Å². The van der Waals surface area contributed by atoms with Crippen LogP contribution in [0.25, 0.3) is 10.9 Å². The van der Waals surface area contributed by atoms with Crippen LogP contribution in [0.15, 0.2) is 60.8 Å². The number of aromatic nitrogens is 1. The molecule has 0 saturated heterocycles. The van der Waals surface area contributed by atoms with Crippen molar-refractivity contribution in [2.24, 2.45) is 7.05 Å². The average molecular weight is 375 g/mol. The van der Waals surface area contributed by atoms with E-state index in [1.165, 1.54) is 4.90 Å². The van der Waals surface area contributed by atoms with Gasteiger partial charge in [-0.05, 0) is 25.1 Å². The van der Waals surface area contributed by atoms with Crippen LogP contribution in [0.1, 0.15) is 23.7 Å². The SMILES string of the molecule is CC(OC(=O)c1cn(C)c2ccccc12)C(=O)N(CCC#N)c1ccccc1. The van der Waals surface area contributed by atoms with Gasteiger partial charge in [-0.2, -0.15) is 5.26 Å². The van der Waals surface area contributed by atoms with E-state index < -0.39 is 12.1 Å². The van der Waals surface area contributed by atoms with Crippen LogP contribution in [0.2, 0.25) is 0 Å². The molecule has 1 atom stereocenters. The molecule has 6 nitrogen and oxygen atoms in total. The van der Waals surface area contributed by atoms with Gasteiger partial charge in [0.1, 0.15) is 0 Å². The lowest BCUT2D eigenvalue weighted by atomic mass is 10.2. The highest BCUT2D eigenvalue weighted by molar-refractivity contribution is 6.06. The van der Waals surface area contributed by atoms with Crippen molar-refractivity contribution in [3.05, 3.63) is 66.4 Å². The molecule has 1 heterocycles. The lowest BCUT2D eigenvalue weighted by Gasteiger charge is -2.25. The summed E-state index contributed by atoms with van der Waals surface area (Å²) in [7, 11) is 1.85. The van der Waals surface area contributed by atoms with E-state index in [9.17, 15) is 9.59 Å². The number of nitrogens with zero attached hydrogens (tertiary/aromatic N) is 3. The Hall–Kier alpha value is -3.59. The van der Waals surface area contributed by atoms with Crippen molar-refractivity contribution in [3.63, 3.8) is 0 Å². The number of anilines is 1. The maximum Gasteiger partial charge on any atom is 0.341 e. The first kappa shape index (κ1) is 19.2. The van der Waals surface area contributed by atoms with Gasteiger partial charge in [-0.25, -0.2) is 4.79 Å². The maximum absolute atomic E-state index is 12.9. The molecule has 28 heavy (non-hydrogen) atoms. The number of carbonyl (C=O) groups excluding carboxylic acids is 2. The smallest absolute Gasteiger partial charge is 0.341 e. The molecular weight excluding hydrogens is 354 g/mol. The number of ether oxygens (including phenoxy) is 1. The van der Waals surface area contributed by atoms with Crippen LogP contribution < -0.4 is 4.90 Å². The number of hydrogen-bond donors (Lipinski definition) is 0. The number of esters is 1. The van der Waals surface area contributed by atoms with Crippen LogP contribution in [0.5, 0.6) is 0 Å². The molecule has 0 fully saturated rings. The summed E-state index contributed by atoms with van der Waals surface area (Å²) in [6.45, 7) is 1.78. The van der Waals surface area contributed by atoms with Crippen LogP contribution in [-0.4, -0.2) is 29.1 Å². The fourth-order valence-corrected chi connectivity index (χ4v) is 3.13. The van der Waals surface area contributed by atoms with Gasteiger partial charge in [0.05, 0.1) is 18.1 Å². The Balaban J connectivity index is 1.80. The molecule has 0 N–H and O–H groups in total. The molecule has 2 aromatic carbocycles. The zero-order chi connectivity index (χ0) is 20.1. The van der Waals surface area contributed by atoms with Crippen LogP contribution in [0, 0.1) is 11.3 Å². The Morgan fingerprint density at radius 1 is 1.14 bits per heavy atom. The highest BCUT2D eigenvalue weighted by atomic mass is 16.5. The third kappa shape index (κ3) is 3.89. The Bertz CT molecular complexity index is 1030. The van der Waals surface area contributed by atoms with Crippen LogP contribution in [-0.2, 0) is 16.6 Å². The van der Waals surface area contributed by atoms with Crippen LogP contribution >= 0.6 is 0 Å². The van der Waals surface area contributed by atoms with Gasteiger partial charge in [0.2, 0.25) is 0 Å². The molecule has 142 valence electrons. The second kappa shape index (κ2) is 8.40. The lowest BCUT2D eigenvalue weighted by Crippen LogP contribution is -2.40. The van der Waals surface area contributed by atoms with Crippen molar-refractivity contribution in [3.8, 4) is 6.07 Å². The average Bonchev–Trinajstić information content (AvgIpc) is 3.06. The zero-order valence-corrected chi connectivity index (χ0v) is 15.8. The fourth-order valence-electron chi connectivity index (χ4n) is 3.13. The monoisotopic (exact) mass is 375 g/mol. The normalized spacial score (nSPS) is 11.6. The second-order valence-corrected chi connectivity index (χ2v) is 6.45. The van der Waals surface area contributed by atoms with Gasteiger partial charge in [0.15, 0.2) is 6.10 Å². The summed E-state index contributed by atoms with van der Waals surface area (Å²) in [6.07, 6.45) is 0.907. The summed E-state index contributed by atoms with van der Waals surface area (Å²) in [6, 6.07) is 18.6. The number of carbonyl (C=O) groups is 2. The number of para-hydroxylation sites is 2. The summed E-state index contributed by atoms with van der Waals surface area (Å²) >= 11 is 0. The Kier molecular flexibility index (Phi) is 5.75. The number of benzene rings is 2. The van der Waals surface area contributed by atoms with E-state index in [-0.39, 0.29) is 18.9 Å². The molecule has 0 aliphatic carbocycles. The summed E-state index contributed by atoms with van der Waals surface area (Å²) in [5.41, 5.74) is 1.99. The van der Waals surface area contributed by atoms with Gasteiger partial charge < -0.3 is 14.2 Å². The fraction of sp³-hybridized carbons (Fsp3) is 0.227. The van der Waals surface area contributed by atoms with Crippen LogP contribution in [0.4, 0.5) is 5.69 Å². The molecule has 0 aliphatic rings. The largest absolute Gasteiger partial charge is 0.449 e. The number of aryl methyl sites for hydroxylation is 1. The second-order valence-electron chi connectivity index (χ2n) is 6.45. The van der Waals surface area contributed by atoms with E-state index in [2.05, 4.69) is 0 Å². The predicted octanol–water partition coefficient (Wildman–Crippen LogP) is 3.67. The van der Waals surface area contributed by atoms with Crippen molar-refractivity contribution in [1.29, 1.82) is 5.26 Å². The highest BCUT2D eigenvalue weighted by Gasteiger charge is 2.26. The first-order valence-corrected chi connectivity index (χ1v) is 9.01. The minimum atomic E-state index is -0.981. The number of amides is 1. The predicted molar refractivity (Wildman–Crippen MR) is 107 cm³/mol. The summed E-state index contributed by atoms with van der Waals surface area (Å²) < 4.78 is 7.32. The third-order valence-corrected chi connectivity index (χ3v) is 4.53. The van der Waals surface area contributed by atoms with Gasteiger partial charge in [0, 0.05) is 36.4 Å². The molecule has 1 aromatic heterocycles. The number of nitriles is 1. The lowest BCUT2D eigenvalue weighted by molar-refractivity contribution is -0.126. The van der Waals surface area contributed by atoms with Crippen molar-refractivity contribution in [1.82, 2.24) is 4.57 Å². The maximum atomic E-state index is 12.9. The van der Waals surface area contributed by atoms with Crippen molar-refractivity contribution in [2.45, 2.75) is 19.4 Å². The first-order chi connectivity index (χ1) is 13.5. The van der Waals surface area contributed by atoms with Crippen molar-refractivity contribution in [2.75, 3.05) is 11.4 Å². The minimum Gasteiger partial charge on any atom is -0.449 e. The number of fused-ring (bicyclic) bond motifs is 1. The molecule has 3 rings (SSSR count). The summed E-state index contributed by atoms with van der Waals surface area (Å²) in [5.74, 6) is -0.916. The Labute approximate surface area is 163 Å². The molecule has 6 heteroatoms. The molecule has 0 aliphatic heterocycles. The topological polar surface area (TPSA) is 75.3 Å². The molecule has 3 aromatic rings. The zero-order valence-electron chi connectivity index (χ0n) is 15.8. The number of rotatable bonds is 6. The van der Waals surface area contributed by atoms with E-state index in [1.54, 1.807) is 25.3 Å². The first-order valence-electron chi connectivity index (χ1n) is 9.01. The van der Waals surface area contributed by atoms with Crippen molar-refractivity contribution < 1.29 is 14.3 Å². The molecule has 1 unspecified atom stereocenters. The minimum absolute atomic E-state index is 0.185. The highest BCUT2D eigenvalue weighted by Crippen LogP contribution is 2.22. The molecule has 0 bridgehead atoms. The Morgan fingerprint density at radius 3 is 2.54 bits per heavy atom. The summed E-state index contributed by atoms with van der Waals surface area (Å²) in [4.78, 5) is 27.1. The molecular formula is C22H21N3O3. The van der Waals surface area contributed by atoms with E-state index in [0.29, 0.717) is 11.3 Å².